The maximum atomic E-state index is 10.5. The molecule has 0 aromatic carbocycles. The lowest BCUT2D eigenvalue weighted by Crippen LogP contribution is -2.01. The molecule has 24 heavy (non-hydrogen) atoms. The van der Waals surface area contributed by atoms with Crippen LogP contribution in [0.3, 0.4) is 0 Å². The molecule has 0 heterocycles. The van der Waals surface area contributed by atoms with Gasteiger partial charge in [0.2, 0.25) is 5.76 Å². The van der Waals surface area contributed by atoms with Crippen LogP contribution < -0.4 is 0 Å². The molecule has 4 heteroatoms. The summed E-state index contributed by atoms with van der Waals surface area (Å²) in [7, 11) is 0. The van der Waals surface area contributed by atoms with Crippen molar-refractivity contribution in [3.8, 4) is 0 Å². The second-order valence-corrected chi connectivity index (χ2v) is 5.74. The Morgan fingerprint density at radius 1 is 0.833 bits per heavy atom. The molecule has 0 saturated carbocycles. The van der Waals surface area contributed by atoms with E-state index in [1.54, 1.807) is 12.2 Å². The minimum atomic E-state index is -1.31. The highest BCUT2D eigenvalue weighted by Gasteiger charge is 2.05. The van der Waals surface area contributed by atoms with Crippen molar-refractivity contribution in [2.24, 2.45) is 0 Å². The first kappa shape index (κ1) is 22.2. The molecule has 2 N–H and O–H groups in total. The number of hydrogen-bond acceptors (Lipinski definition) is 3. The molecule has 136 valence electrons. The molecular weight excluding hydrogens is 304 g/mol. The van der Waals surface area contributed by atoms with E-state index in [2.05, 4.69) is 17.9 Å². The van der Waals surface area contributed by atoms with Gasteiger partial charge in [0.05, 0.1) is 0 Å². The molecule has 4 nitrogen and oxygen atoms in total. The SMILES string of the molecule is CCCCCCCCCCCC=CC=CC=CC=C(OO)C(=O)O. The quantitative estimate of drug-likeness (QED) is 0.0956. The molecule has 0 aromatic heterocycles. The summed E-state index contributed by atoms with van der Waals surface area (Å²) in [5.74, 6) is -1.83. The van der Waals surface area contributed by atoms with Gasteiger partial charge in [0.1, 0.15) is 0 Å². The van der Waals surface area contributed by atoms with Gasteiger partial charge in [-0.25, -0.2) is 10.1 Å². The zero-order valence-corrected chi connectivity index (χ0v) is 14.8. The summed E-state index contributed by atoms with van der Waals surface area (Å²) in [6, 6.07) is 0. The number of carboxylic acids is 1. The average Bonchev–Trinajstić information content (AvgIpc) is 2.57. The van der Waals surface area contributed by atoms with Gasteiger partial charge in [0.15, 0.2) is 0 Å². The Morgan fingerprint density at radius 3 is 1.96 bits per heavy atom. The van der Waals surface area contributed by atoms with Crippen LogP contribution in [0.2, 0.25) is 0 Å². The third-order valence-corrected chi connectivity index (χ3v) is 3.61. The maximum Gasteiger partial charge on any atom is 0.375 e. The highest BCUT2D eigenvalue weighted by atomic mass is 17.1. The summed E-state index contributed by atoms with van der Waals surface area (Å²) in [5.41, 5.74) is 0. The number of carbonyl (C=O) groups is 1. The maximum absolute atomic E-state index is 10.5. The zero-order valence-electron chi connectivity index (χ0n) is 14.8. The van der Waals surface area contributed by atoms with Crippen LogP contribution in [0, 0.1) is 0 Å². The van der Waals surface area contributed by atoms with Crippen molar-refractivity contribution in [2.75, 3.05) is 0 Å². The van der Waals surface area contributed by atoms with Crippen molar-refractivity contribution < 1.29 is 20.0 Å². The summed E-state index contributed by atoms with van der Waals surface area (Å²) in [4.78, 5) is 14.2. The summed E-state index contributed by atoms with van der Waals surface area (Å²) in [6.45, 7) is 2.25. The van der Waals surface area contributed by atoms with E-state index in [1.165, 1.54) is 69.9 Å². The van der Waals surface area contributed by atoms with Crippen LogP contribution in [0.15, 0.2) is 48.3 Å². The van der Waals surface area contributed by atoms with Gasteiger partial charge < -0.3 is 9.99 Å². The molecule has 0 saturated heterocycles. The fourth-order valence-electron chi connectivity index (χ4n) is 2.22. The van der Waals surface area contributed by atoms with Crippen LogP contribution in [0.5, 0.6) is 0 Å². The largest absolute Gasteiger partial charge is 0.475 e. The molecule has 0 aromatic rings. The van der Waals surface area contributed by atoms with Gasteiger partial charge in [-0.2, -0.15) is 0 Å². The van der Waals surface area contributed by atoms with E-state index in [0.29, 0.717) is 0 Å². The number of allylic oxidation sites excluding steroid dienone is 7. The summed E-state index contributed by atoms with van der Waals surface area (Å²) < 4.78 is 0. The normalized spacial score (nSPS) is 12.7. The minimum Gasteiger partial charge on any atom is -0.475 e. The molecule has 0 aliphatic carbocycles. The van der Waals surface area contributed by atoms with Crippen LogP contribution in [0.4, 0.5) is 0 Å². The highest BCUT2D eigenvalue weighted by molar-refractivity contribution is 5.84. The smallest absolute Gasteiger partial charge is 0.375 e. The van der Waals surface area contributed by atoms with Crippen molar-refractivity contribution in [1.82, 2.24) is 0 Å². The average molecular weight is 336 g/mol. The van der Waals surface area contributed by atoms with Gasteiger partial charge in [-0.15, -0.1) is 0 Å². The fourth-order valence-corrected chi connectivity index (χ4v) is 2.22. The first-order valence-electron chi connectivity index (χ1n) is 8.97. The summed E-state index contributed by atoms with van der Waals surface area (Å²) in [5, 5.41) is 16.9. The van der Waals surface area contributed by atoms with Gasteiger partial charge in [0, 0.05) is 0 Å². The number of aliphatic carboxylic acids is 1. The van der Waals surface area contributed by atoms with E-state index in [1.807, 2.05) is 12.2 Å². The van der Waals surface area contributed by atoms with Gasteiger partial charge in [-0.3, -0.25) is 0 Å². The van der Waals surface area contributed by atoms with E-state index in [0.717, 1.165) is 6.42 Å². The van der Waals surface area contributed by atoms with Crippen molar-refractivity contribution >= 4 is 5.97 Å². The predicted octanol–water partition coefficient (Wildman–Crippen LogP) is 6.03. The standard InChI is InChI=1S/C20H32O4/c1-2-3-4-5-6-7-8-9-10-11-12-13-14-15-16-17-18-19(24-23)20(21)22/h12-18,23H,2-11H2,1H3,(H,21,22). The first-order valence-corrected chi connectivity index (χ1v) is 8.97. The fraction of sp³-hybridized carbons (Fsp3) is 0.550. The molecule has 0 aliphatic heterocycles. The molecule has 0 fully saturated rings. The van der Waals surface area contributed by atoms with Crippen molar-refractivity contribution in [2.45, 2.75) is 71.1 Å². The Balaban J connectivity index is 3.57. The molecular formula is C20H32O4. The lowest BCUT2D eigenvalue weighted by atomic mass is 10.1. The van der Waals surface area contributed by atoms with E-state index in [-0.39, 0.29) is 0 Å². The van der Waals surface area contributed by atoms with Crippen molar-refractivity contribution in [3.05, 3.63) is 48.3 Å². The van der Waals surface area contributed by atoms with Crippen LogP contribution in [0.1, 0.15) is 71.1 Å². The van der Waals surface area contributed by atoms with Gasteiger partial charge in [-0.05, 0) is 18.9 Å². The molecule has 0 aliphatic rings. The Kier molecular flexibility index (Phi) is 16.2. The van der Waals surface area contributed by atoms with Crippen LogP contribution >= 0.6 is 0 Å². The first-order chi connectivity index (χ1) is 11.7. The Hall–Kier alpha value is -1.81. The monoisotopic (exact) mass is 336 g/mol. The number of unbranched alkanes of at least 4 members (excludes halogenated alkanes) is 9. The highest BCUT2D eigenvalue weighted by Crippen LogP contribution is 2.10. The minimum absolute atomic E-state index is 0.513. The number of carboxylic acid groups (broad SMARTS) is 1. The van der Waals surface area contributed by atoms with Gasteiger partial charge in [0.25, 0.3) is 0 Å². The third kappa shape index (κ3) is 15.1. The predicted molar refractivity (Wildman–Crippen MR) is 98.7 cm³/mol. The Bertz CT molecular complexity index is 419. The van der Waals surface area contributed by atoms with Crippen LogP contribution in [-0.2, 0) is 9.68 Å². The van der Waals surface area contributed by atoms with Gasteiger partial charge in [-0.1, -0.05) is 94.7 Å². The molecule has 0 bridgehead atoms. The molecule has 0 unspecified atom stereocenters. The third-order valence-electron chi connectivity index (χ3n) is 3.61. The van der Waals surface area contributed by atoms with E-state index in [4.69, 9.17) is 10.4 Å². The van der Waals surface area contributed by atoms with Crippen LogP contribution in [-0.4, -0.2) is 16.3 Å². The topological polar surface area (TPSA) is 66.8 Å². The Morgan fingerprint density at radius 2 is 1.38 bits per heavy atom. The van der Waals surface area contributed by atoms with Crippen molar-refractivity contribution in [1.29, 1.82) is 0 Å². The second-order valence-electron chi connectivity index (χ2n) is 5.74. The molecule has 0 spiro atoms. The Labute approximate surface area is 146 Å². The lowest BCUT2D eigenvalue weighted by Gasteiger charge is -2.00. The van der Waals surface area contributed by atoms with E-state index in [9.17, 15) is 4.79 Å². The summed E-state index contributed by atoms with van der Waals surface area (Å²) >= 11 is 0. The van der Waals surface area contributed by atoms with Gasteiger partial charge >= 0.3 is 5.97 Å². The number of hydrogen-bond donors (Lipinski definition) is 2. The number of rotatable bonds is 15. The molecule has 0 radical (unpaired) electrons. The zero-order chi connectivity index (χ0) is 17.9. The molecule has 0 rings (SSSR count). The van der Waals surface area contributed by atoms with Crippen LogP contribution in [0.25, 0.3) is 0 Å². The van der Waals surface area contributed by atoms with E-state index >= 15 is 0 Å². The van der Waals surface area contributed by atoms with Crippen molar-refractivity contribution in [3.63, 3.8) is 0 Å². The lowest BCUT2D eigenvalue weighted by molar-refractivity contribution is -0.210. The molecule has 0 amide bonds. The molecule has 0 atom stereocenters. The van der Waals surface area contributed by atoms with E-state index < -0.39 is 11.7 Å². The second kappa shape index (κ2) is 17.5. The summed E-state index contributed by atoms with van der Waals surface area (Å²) in [6.07, 6.45) is 25.3.